The fourth-order valence-electron chi connectivity index (χ4n) is 0.650. The van der Waals surface area contributed by atoms with Crippen LogP contribution in [0.2, 0.25) is 0 Å². The smallest absolute Gasteiger partial charge is 0.0286 e. The molecule has 0 radical (unpaired) electrons. The highest BCUT2D eigenvalue weighted by Gasteiger charge is 1.97. The van der Waals surface area contributed by atoms with Gasteiger partial charge in [0.15, 0.2) is 0 Å². The second-order valence-electron chi connectivity index (χ2n) is 2.39. The van der Waals surface area contributed by atoms with Crippen LogP contribution in [0.1, 0.15) is 13.8 Å². The summed E-state index contributed by atoms with van der Waals surface area (Å²) in [6, 6.07) is 0. The minimum Gasteiger partial charge on any atom is -0.326 e. The summed E-state index contributed by atoms with van der Waals surface area (Å²) in [5.74, 6) is 0.505. The summed E-state index contributed by atoms with van der Waals surface area (Å²) in [6.45, 7) is 7.87. The van der Waals surface area contributed by atoms with Crippen LogP contribution in [0.5, 0.6) is 0 Å². The van der Waals surface area contributed by atoms with Crippen LogP contribution in [0.15, 0.2) is 24.4 Å². The Hall–Kier alpha value is -0.760. The van der Waals surface area contributed by atoms with Crippen LogP contribution in [0, 0.1) is 5.92 Å². The third-order valence-electron chi connectivity index (χ3n) is 1.19. The van der Waals surface area contributed by atoms with Crippen molar-refractivity contribution in [2.45, 2.75) is 13.8 Å². The molecule has 0 bridgehead atoms. The summed E-state index contributed by atoms with van der Waals surface area (Å²) in [6.07, 6.45) is 3.74. The van der Waals surface area contributed by atoms with Gasteiger partial charge in [-0.15, -0.1) is 0 Å². The van der Waals surface area contributed by atoms with Crippen molar-refractivity contribution in [2.75, 3.05) is 7.05 Å². The lowest BCUT2D eigenvalue weighted by molar-refractivity contribution is 0.594. The van der Waals surface area contributed by atoms with Crippen molar-refractivity contribution < 1.29 is 0 Å². The van der Waals surface area contributed by atoms with Crippen LogP contribution in [0.3, 0.4) is 0 Å². The molecule has 2 N–H and O–H groups in total. The number of allylic oxidation sites excluding steroid dienone is 3. The Morgan fingerprint density at radius 2 is 2.10 bits per heavy atom. The average Bonchev–Trinajstić information content (AvgIpc) is 1.87. The lowest BCUT2D eigenvalue weighted by Gasteiger charge is -2.11. The first-order valence-corrected chi connectivity index (χ1v) is 3.47. The highest BCUT2D eigenvalue weighted by molar-refractivity contribution is 5.09. The quantitative estimate of drug-likeness (QED) is 0.456. The van der Waals surface area contributed by atoms with E-state index < -0.39 is 0 Å². The van der Waals surface area contributed by atoms with Crippen molar-refractivity contribution in [3.8, 4) is 0 Å². The third kappa shape index (κ3) is 3.30. The van der Waals surface area contributed by atoms with Gasteiger partial charge in [0.1, 0.15) is 0 Å². The minimum atomic E-state index is 0.505. The Kier molecular flexibility index (Phi) is 4.67. The summed E-state index contributed by atoms with van der Waals surface area (Å²) in [5.41, 5.74) is 7.04. The molecule has 0 heterocycles. The fourth-order valence-corrected chi connectivity index (χ4v) is 0.650. The zero-order chi connectivity index (χ0) is 7.98. The number of nitrogens with one attached hydrogen (secondary N) is 2. The average molecular weight is 140 g/mol. The van der Waals surface area contributed by atoms with Crippen molar-refractivity contribution in [3.63, 3.8) is 0 Å². The van der Waals surface area contributed by atoms with E-state index in [1.165, 1.54) is 0 Å². The van der Waals surface area contributed by atoms with Gasteiger partial charge in [-0.25, -0.2) is 5.43 Å². The van der Waals surface area contributed by atoms with Crippen molar-refractivity contribution in [1.29, 1.82) is 0 Å². The predicted octanol–water partition coefficient (Wildman–Crippen LogP) is 1.44. The first-order chi connectivity index (χ1) is 4.72. The maximum absolute atomic E-state index is 3.62. The molecule has 0 rings (SSSR count). The largest absolute Gasteiger partial charge is 0.326 e. The zero-order valence-electron chi connectivity index (χ0n) is 6.94. The minimum absolute atomic E-state index is 0.505. The molecule has 0 fully saturated rings. The molecular weight excluding hydrogens is 124 g/mol. The third-order valence-corrected chi connectivity index (χ3v) is 1.19. The summed E-state index contributed by atoms with van der Waals surface area (Å²) in [7, 11) is 1.85. The predicted molar refractivity (Wildman–Crippen MR) is 45.3 cm³/mol. The zero-order valence-corrected chi connectivity index (χ0v) is 6.94. The normalized spacial score (nSPS) is 11.8. The van der Waals surface area contributed by atoms with E-state index in [2.05, 4.69) is 31.3 Å². The molecule has 0 saturated carbocycles. The Morgan fingerprint density at radius 3 is 2.40 bits per heavy atom. The molecule has 0 unspecified atom stereocenters. The van der Waals surface area contributed by atoms with Crippen LogP contribution >= 0.6 is 0 Å². The Balaban J connectivity index is 3.97. The molecule has 0 aliphatic heterocycles. The van der Waals surface area contributed by atoms with E-state index in [0.717, 1.165) is 5.70 Å². The summed E-state index contributed by atoms with van der Waals surface area (Å²) in [4.78, 5) is 0. The van der Waals surface area contributed by atoms with Gasteiger partial charge >= 0.3 is 0 Å². The molecule has 0 aromatic carbocycles. The summed E-state index contributed by atoms with van der Waals surface area (Å²) >= 11 is 0. The molecule has 2 heteroatoms. The van der Waals surface area contributed by atoms with E-state index >= 15 is 0 Å². The SMILES string of the molecule is C=C/C=C(/NNC)C(C)C. The number of hydrogen-bond donors (Lipinski definition) is 2. The molecule has 0 aliphatic rings. The van der Waals surface area contributed by atoms with Crippen LogP contribution in [0.4, 0.5) is 0 Å². The molecule has 2 nitrogen and oxygen atoms in total. The summed E-state index contributed by atoms with van der Waals surface area (Å²) < 4.78 is 0. The molecule has 0 saturated heterocycles. The molecule has 0 aromatic rings. The van der Waals surface area contributed by atoms with E-state index in [4.69, 9.17) is 0 Å². The van der Waals surface area contributed by atoms with E-state index in [0.29, 0.717) is 5.92 Å². The van der Waals surface area contributed by atoms with Gasteiger partial charge in [-0.05, 0) is 12.0 Å². The molecule has 0 aliphatic carbocycles. The Bertz CT molecular complexity index is 125. The van der Waals surface area contributed by atoms with Gasteiger partial charge in [-0.2, -0.15) is 0 Å². The number of hydrogen-bond acceptors (Lipinski definition) is 2. The first kappa shape index (κ1) is 9.24. The van der Waals surface area contributed by atoms with Gasteiger partial charge in [0.05, 0.1) is 0 Å². The van der Waals surface area contributed by atoms with Gasteiger partial charge in [-0.1, -0.05) is 26.5 Å². The van der Waals surface area contributed by atoms with Gasteiger partial charge in [0.25, 0.3) is 0 Å². The molecule has 0 spiro atoms. The highest BCUT2D eigenvalue weighted by Crippen LogP contribution is 2.03. The fraction of sp³-hybridized carbons (Fsp3) is 0.500. The van der Waals surface area contributed by atoms with Crippen molar-refractivity contribution in [2.24, 2.45) is 5.92 Å². The highest BCUT2D eigenvalue weighted by atomic mass is 15.3. The van der Waals surface area contributed by atoms with E-state index in [1.54, 1.807) is 6.08 Å². The van der Waals surface area contributed by atoms with Crippen LogP contribution in [0.25, 0.3) is 0 Å². The molecule has 0 atom stereocenters. The van der Waals surface area contributed by atoms with Gasteiger partial charge in [0, 0.05) is 12.7 Å². The number of hydrazine groups is 1. The van der Waals surface area contributed by atoms with Gasteiger partial charge in [-0.3, -0.25) is 0 Å². The van der Waals surface area contributed by atoms with Crippen molar-refractivity contribution >= 4 is 0 Å². The topological polar surface area (TPSA) is 24.1 Å². The van der Waals surface area contributed by atoms with Gasteiger partial charge in [0.2, 0.25) is 0 Å². The number of rotatable bonds is 4. The van der Waals surface area contributed by atoms with Crippen molar-refractivity contribution in [1.82, 2.24) is 10.9 Å². The second kappa shape index (κ2) is 5.06. The molecule has 0 amide bonds. The molecular formula is C8H16N2. The van der Waals surface area contributed by atoms with E-state index in [9.17, 15) is 0 Å². The lowest BCUT2D eigenvalue weighted by Crippen LogP contribution is -2.28. The Morgan fingerprint density at radius 1 is 1.50 bits per heavy atom. The lowest BCUT2D eigenvalue weighted by atomic mass is 10.1. The van der Waals surface area contributed by atoms with E-state index in [1.807, 2.05) is 13.1 Å². The maximum atomic E-state index is 3.62. The monoisotopic (exact) mass is 140 g/mol. The van der Waals surface area contributed by atoms with E-state index in [-0.39, 0.29) is 0 Å². The van der Waals surface area contributed by atoms with Crippen LogP contribution < -0.4 is 10.9 Å². The van der Waals surface area contributed by atoms with Crippen LogP contribution in [-0.4, -0.2) is 7.05 Å². The molecule has 58 valence electrons. The standard InChI is InChI=1S/C8H16N2/c1-5-6-8(7(2)3)10-9-4/h5-7,9-10H,1H2,2-4H3/b8-6+. The van der Waals surface area contributed by atoms with Gasteiger partial charge < -0.3 is 5.43 Å². The first-order valence-electron chi connectivity index (χ1n) is 3.47. The molecule has 0 aromatic heterocycles. The van der Waals surface area contributed by atoms with Crippen molar-refractivity contribution in [3.05, 3.63) is 24.4 Å². The van der Waals surface area contributed by atoms with Crippen LogP contribution in [-0.2, 0) is 0 Å². The second-order valence-corrected chi connectivity index (χ2v) is 2.39. The summed E-state index contributed by atoms with van der Waals surface area (Å²) in [5, 5.41) is 0. The Labute approximate surface area is 63.0 Å². The molecule has 10 heavy (non-hydrogen) atoms. The maximum Gasteiger partial charge on any atom is 0.0286 e.